The second-order valence-corrected chi connectivity index (χ2v) is 7.22. The summed E-state index contributed by atoms with van der Waals surface area (Å²) in [7, 11) is 0. The standard InChI is InChI=1S/C26H29N3O4/c1-3-32-23-15-10-19(18-24(23)33-4-2)16-17-28-25(30)26(31)29(21-8-6-5-7-9-21)22-13-11-20(27)12-14-22/h5-15,18H,3-4,16-17,27H2,1-2H3,(H,28,30). The average Bonchev–Trinajstić information content (AvgIpc) is 2.83. The summed E-state index contributed by atoms with van der Waals surface area (Å²) in [5, 5.41) is 2.73. The van der Waals surface area contributed by atoms with Crippen molar-refractivity contribution in [3.63, 3.8) is 0 Å². The van der Waals surface area contributed by atoms with Gasteiger partial charge in [-0.25, -0.2) is 0 Å². The van der Waals surface area contributed by atoms with E-state index in [4.69, 9.17) is 15.2 Å². The molecule has 0 aliphatic rings. The Morgan fingerprint density at radius 3 is 2.15 bits per heavy atom. The molecular weight excluding hydrogens is 418 g/mol. The molecule has 33 heavy (non-hydrogen) atoms. The first-order valence-electron chi connectivity index (χ1n) is 10.9. The Bertz CT molecular complexity index is 1070. The molecule has 0 fully saturated rings. The quantitative estimate of drug-likeness (QED) is 0.381. The van der Waals surface area contributed by atoms with Crippen molar-refractivity contribution in [1.29, 1.82) is 0 Å². The minimum absolute atomic E-state index is 0.300. The van der Waals surface area contributed by atoms with Gasteiger partial charge in [-0.15, -0.1) is 0 Å². The van der Waals surface area contributed by atoms with Crippen LogP contribution in [0.1, 0.15) is 19.4 Å². The Balaban J connectivity index is 1.69. The van der Waals surface area contributed by atoms with Crippen LogP contribution in [0.25, 0.3) is 0 Å². The minimum atomic E-state index is -0.688. The van der Waals surface area contributed by atoms with Gasteiger partial charge in [0.15, 0.2) is 11.5 Å². The maximum absolute atomic E-state index is 13.1. The first-order valence-corrected chi connectivity index (χ1v) is 10.9. The number of amides is 2. The van der Waals surface area contributed by atoms with Crippen LogP contribution >= 0.6 is 0 Å². The van der Waals surface area contributed by atoms with Crippen LogP contribution in [0.4, 0.5) is 17.1 Å². The fourth-order valence-corrected chi connectivity index (χ4v) is 3.33. The van der Waals surface area contributed by atoms with Crippen LogP contribution < -0.4 is 25.4 Å². The number of nitrogen functional groups attached to an aromatic ring is 1. The van der Waals surface area contributed by atoms with Crippen LogP contribution in [-0.2, 0) is 16.0 Å². The molecule has 0 aromatic heterocycles. The van der Waals surface area contributed by atoms with E-state index in [1.807, 2.05) is 50.2 Å². The molecule has 0 aliphatic heterocycles. The zero-order chi connectivity index (χ0) is 23.6. The first kappa shape index (κ1) is 23.7. The number of para-hydroxylation sites is 1. The van der Waals surface area contributed by atoms with E-state index < -0.39 is 11.8 Å². The molecule has 172 valence electrons. The Morgan fingerprint density at radius 1 is 0.848 bits per heavy atom. The predicted molar refractivity (Wildman–Crippen MR) is 130 cm³/mol. The van der Waals surface area contributed by atoms with Crippen molar-refractivity contribution in [1.82, 2.24) is 5.32 Å². The lowest BCUT2D eigenvalue weighted by Gasteiger charge is -2.22. The van der Waals surface area contributed by atoms with Gasteiger partial charge < -0.3 is 20.5 Å². The fraction of sp³-hybridized carbons (Fsp3) is 0.231. The van der Waals surface area contributed by atoms with Crippen molar-refractivity contribution in [2.45, 2.75) is 20.3 Å². The van der Waals surface area contributed by atoms with Crippen molar-refractivity contribution in [3.8, 4) is 11.5 Å². The van der Waals surface area contributed by atoms with Gasteiger partial charge in [0.2, 0.25) is 0 Å². The molecule has 2 amide bonds. The number of nitrogens with two attached hydrogens (primary N) is 1. The van der Waals surface area contributed by atoms with Crippen molar-refractivity contribution >= 4 is 28.9 Å². The lowest BCUT2D eigenvalue weighted by atomic mass is 10.1. The van der Waals surface area contributed by atoms with Crippen LogP contribution in [0.3, 0.4) is 0 Å². The number of benzene rings is 3. The summed E-state index contributed by atoms with van der Waals surface area (Å²) in [6.07, 6.45) is 0.540. The summed E-state index contributed by atoms with van der Waals surface area (Å²) in [6.45, 7) is 5.19. The summed E-state index contributed by atoms with van der Waals surface area (Å²) in [5.41, 5.74) is 8.47. The third-order valence-electron chi connectivity index (χ3n) is 4.87. The topological polar surface area (TPSA) is 93.9 Å². The SMILES string of the molecule is CCOc1ccc(CCNC(=O)C(=O)N(c2ccccc2)c2ccc(N)cc2)cc1OCC. The molecule has 0 saturated heterocycles. The average molecular weight is 448 g/mol. The van der Waals surface area contributed by atoms with Crippen LogP contribution in [0.2, 0.25) is 0 Å². The summed E-state index contributed by atoms with van der Waals surface area (Å²) >= 11 is 0. The smallest absolute Gasteiger partial charge is 0.320 e. The van der Waals surface area contributed by atoms with Gasteiger partial charge in [-0.3, -0.25) is 14.5 Å². The molecule has 0 unspecified atom stereocenters. The van der Waals surface area contributed by atoms with Gasteiger partial charge in [0, 0.05) is 23.6 Å². The highest BCUT2D eigenvalue weighted by Crippen LogP contribution is 2.29. The molecule has 0 atom stereocenters. The monoisotopic (exact) mass is 447 g/mol. The highest BCUT2D eigenvalue weighted by Gasteiger charge is 2.24. The van der Waals surface area contributed by atoms with Crippen molar-refractivity contribution in [3.05, 3.63) is 78.4 Å². The van der Waals surface area contributed by atoms with E-state index in [1.165, 1.54) is 4.90 Å². The van der Waals surface area contributed by atoms with Crippen molar-refractivity contribution < 1.29 is 19.1 Å². The predicted octanol–water partition coefficient (Wildman–Crippen LogP) is 4.09. The molecule has 0 bridgehead atoms. The second-order valence-electron chi connectivity index (χ2n) is 7.22. The Hall–Kier alpha value is -4.00. The van der Waals surface area contributed by atoms with E-state index in [2.05, 4.69) is 5.32 Å². The van der Waals surface area contributed by atoms with E-state index in [9.17, 15) is 9.59 Å². The molecule has 3 aromatic carbocycles. The minimum Gasteiger partial charge on any atom is -0.490 e. The maximum Gasteiger partial charge on any atom is 0.320 e. The Morgan fingerprint density at radius 2 is 1.48 bits per heavy atom. The first-order chi connectivity index (χ1) is 16.0. The van der Waals surface area contributed by atoms with E-state index in [0.29, 0.717) is 54.7 Å². The van der Waals surface area contributed by atoms with E-state index in [-0.39, 0.29) is 0 Å². The lowest BCUT2D eigenvalue weighted by molar-refractivity contribution is -0.137. The maximum atomic E-state index is 13.1. The molecule has 0 heterocycles. The van der Waals surface area contributed by atoms with Crippen LogP contribution in [-0.4, -0.2) is 31.6 Å². The van der Waals surface area contributed by atoms with E-state index in [1.54, 1.807) is 36.4 Å². The molecule has 7 nitrogen and oxygen atoms in total. The van der Waals surface area contributed by atoms with Crippen LogP contribution in [0.15, 0.2) is 72.8 Å². The number of ether oxygens (including phenoxy) is 2. The van der Waals surface area contributed by atoms with E-state index >= 15 is 0 Å². The Labute approximate surface area is 194 Å². The second kappa shape index (κ2) is 11.6. The molecule has 0 spiro atoms. The van der Waals surface area contributed by atoms with Crippen LogP contribution in [0.5, 0.6) is 11.5 Å². The third kappa shape index (κ3) is 6.26. The molecule has 3 aromatic rings. The van der Waals surface area contributed by atoms with Gasteiger partial charge >= 0.3 is 11.8 Å². The van der Waals surface area contributed by atoms with Gasteiger partial charge in [-0.2, -0.15) is 0 Å². The molecule has 3 N–H and O–H groups in total. The highest BCUT2D eigenvalue weighted by molar-refractivity contribution is 6.42. The highest BCUT2D eigenvalue weighted by atomic mass is 16.5. The number of rotatable bonds is 9. The molecule has 0 radical (unpaired) electrons. The van der Waals surface area contributed by atoms with Gasteiger partial charge in [-0.05, 0) is 74.4 Å². The zero-order valence-corrected chi connectivity index (χ0v) is 18.9. The van der Waals surface area contributed by atoms with Gasteiger partial charge in [0.25, 0.3) is 0 Å². The summed E-state index contributed by atoms with van der Waals surface area (Å²) < 4.78 is 11.2. The van der Waals surface area contributed by atoms with Crippen molar-refractivity contribution in [2.75, 3.05) is 30.4 Å². The zero-order valence-electron chi connectivity index (χ0n) is 18.9. The number of nitrogens with one attached hydrogen (secondary N) is 1. The third-order valence-corrected chi connectivity index (χ3v) is 4.87. The molecule has 0 saturated carbocycles. The van der Waals surface area contributed by atoms with Gasteiger partial charge in [0.05, 0.1) is 13.2 Å². The Kier molecular flexibility index (Phi) is 8.30. The molecule has 3 rings (SSSR count). The van der Waals surface area contributed by atoms with Crippen molar-refractivity contribution in [2.24, 2.45) is 0 Å². The summed E-state index contributed by atoms with van der Waals surface area (Å²) in [4.78, 5) is 27.2. The molecule has 0 aliphatic carbocycles. The number of hydrogen-bond donors (Lipinski definition) is 2. The summed E-state index contributed by atoms with van der Waals surface area (Å²) in [6, 6.07) is 21.5. The molecule has 7 heteroatoms. The largest absolute Gasteiger partial charge is 0.490 e. The number of carbonyl (C=O) groups excluding carboxylic acids is 2. The molecular formula is C26H29N3O4. The van der Waals surface area contributed by atoms with Gasteiger partial charge in [-0.1, -0.05) is 24.3 Å². The van der Waals surface area contributed by atoms with Crippen LogP contribution in [0, 0.1) is 0 Å². The number of carbonyl (C=O) groups is 2. The number of hydrogen-bond acceptors (Lipinski definition) is 5. The number of nitrogens with zero attached hydrogens (tertiary/aromatic N) is 1. The number of anilines is 3. The fourth-order valence-electron chi connectivity index (χ4n) is 3.33. The van der Waals surface area contributed by atoms with Gasteiger partial charge in [0.1, 0.15) is 0 Å². The summed E-state index contributed by atoms with van der Waals surface area (Å²) in [5.74, 6) is -0.0125. The lowest BCUT2D eigenvalue weighted by Crippen LogP contribution is -2.41. The van der Waals surface area contributed by atoms with E-state index in [0.717, 1.165) is 5.56 Å². The normalized spacial score (nSPS) is 10.4.